The highest BCUT2D eigenvalue weighted by Crippen LogP contribution is 2.41. The lowest BCUT2D eigenvalue weighted by Crippen LogP contribution is -2.28. The van der Waals surface area contributed by atoms with Crippen LogP contribution in [0.3, 0.4) is 0 Å². The summed E-state index contributed by atoms with van der Waals surface area (Å²) in [7, 11) is -2.93. The van der Waals surface area contributed by atoms with Crippen LogP contribution in [0, 0.1) is 17.8 Å². The molecule has 0 radical (unpaired) electrons. The molecule has 1 aliphatic heterocycles. The lowest BCUT2D eigenvalue weighted by molar-refractivity contribution is 0.424. The quantitative estimate of drug-likeness (QED) is 0.635. The summed E-state index contributed by atoms with van der Waals surface area (Å²) >= 11 is 0. The third kappa shape index (κ3) is 1.74. The van der Waals surface area contributed by atoms with Gasteiger partial charge in [-0.2, -0.15) is 0 Å². The van der Waals surface area contributed by atoms with Gasteiger partial charge in [0.2, 0.25) is 10.0 Å². The van der Waals surface area contributed by atoms with E-state index in [-0.39, 0.29) is 0 Å². The summed E-state index contributed by atoms with van der Waals surface area (Å²) in [5, 5.41) is 0. The second kappa shape index (κ2) is 2.95. The lowest BCUT2D eigenvalue weighted by Gasteiger charge is -2.14. The third-order valence-corrected chi connectivity index (χ3v) is 4.66. The summed E-state index contributed by atoms with van der Waals surface area (Å²) in [6, 6.07) is 0. The van der Waals surface area contributed by atoms with E-state index in [9.17, 15) is 8.42 Å². The normalized spacial score (nSPS) is 40.9. The van der Waals surface area contributed by atoms with Crippen molar-refractivity contribution in [3.63, 3.8) is 0 Å². The predicted molar refractivity (Wildman–Crippen MR) is 51.8 cm³/mol. The van der Waals surface area contributed by atoms with Crippen LogP contribution in [0.5, 0.6) is 0 Å². The molecule has 1 saturated heterocycles. The molecule has 0 aromatic carbocycles. The molecule has 13 heavy (non-hydrogen) atoms. The van der Waals surface area contributed by atoms with E-state index in [1.54, 1.807) is 4.31 Å². The fourth-order valence-corrected chi connectivity index (χ4v) is 3.75. The molecule has 0 aromatic heterocycles. The maximum Gasteiger partial charge on any atom is 0.211 e. The van der Waals surface area contributed by atoms with Gasteiger partial charge in [-0.05, 0) is 30.6 Å². The number of hydrogen-bond donors (Lipinski definition) is 0. The molecule has 4 heteroatoms. The van der Waals surface area contributed by atoms with E-state index in [0.29, 0.717) is 11.8 Å². The predicted octanol–water partition coefficient (Wildman–Crippen LogP) is 0.924. The largest absolute Gasteiger partial charge is 0.213 e. The average Bonchev–Trinajstić information content (AvgIpc) is 2.40. The number of nitrogens with zero attached hydrogens (tertiary/aromatic N) is 1. The van der Waals surface area contributed by atoms with E-state index >= 15 is 0 Å². The van der Waals surface area contributed by atoms with Crippen molar-refractivity contribution in [1.82, 2.24) is 4.31 Å². The Kier molecular flexibility index (Phi) is 2.15. The van der Waals surface area contributed by atoms with Crippen molar-refractivity contribution in [2.45, 2.75) is 19.8 Å². The van der Waals surface area contributed by atoms with Crippen LogP contribution in [-0.4, -0.2) is 32.1 Å². The standard InChI is InChI=1S/C9H17NO2S/c1-7-3-8-5-10(13(2,11)12)6-9(8)4-7/h7-9H,3-6H2,1-2H3. The Morgan fingerprint density at radius 3 is 2.00 bits per heavy atom. The molecule has 1 heterocycles. The molecular formula is C9H17NO2S. The van der Waals surface area contributed by atoms with Crippen LogP contribution in [0.25, 0.3) is 0 Å². The van der Waals surface area contributed by atoms with Crippen LogP contribution in [-0.2, 0) is 10.0 Å². The van der Waals surface area contributed by atoms with E-state index in [1.807, 2.05) is 0 Å². The highest BCUT2D eigenvalue weighted by Gasteiger charge is 2.41. The van der Waals surface area contributed by atoms with Crippen molar-refractivity contribution < 1.29 is 8.42 Å². The second-order valence-electron chi connectivity index (χ2n) is 4.68. The summed E-state index contributed by atoms with van der Waals surface area (Å²) < 4.78 is 24.2. The number of sulfonamides is 1. The summed E-state index contributed by atoms with van der Waals surface area (Å²) in [5.74, 6) is 2.09. The SMILES string of the molecule is CC1CC2CN(S(C)(=O)=O)CC2C1. The van der Waals surface area contributed by atoms with Gasteiger partial charge >= 0.3 is 0 Å². The van der Waals surface area contributed by atoms with Crippen LogP contribution < -0.4 is 0 Å². The lowest BCUT2D eigenvalue weighted by atomic mass is 10.0. The third-order valence-electron chi connectivity index (χ3n) is 3.42. The van der Waals surface area contributed by atoms with Crippen LogP contribution in [0.1, 0.15) is 19.8 Å². The van der Waals surface area contributed by atoms with Crippen molar-refractivity contribution in [1.29, 1.82) is 0 Å². The Morgan fingerprint density at radius 1 is 1.15 bits per heavy atom. The maximum absolute atomic E-state index is 11.3. The van der Waals surface area contributed by atoms with Crippen LogP contribution >= 0.6 is 0 Å². The number of fused-ring (bicyclic) bond motifs is 1. The molecule has 0 aromatic rings. The summed E-state index contributed by atoms with van der Waals surface area (Å²) in [4.78, 5) is 0. The molecule has 0 amide bonds. The van der Waals surface area contributed by atoms with Gasteiger partial charge < -0.3 is 0 Å². The topological polar surface area (TPSA) is 37.4 Å². The zero-order valence-electron chi connectivity index (χ0n) is 8.23. The average molecular weight is 203 g/mol. The Morgan fingerprint density at radius 2 is 1.62 bits per heavy atom. The van der Waals surface area contributed by atoms with Gasteiger partial charge in [0, 0.05) is 13.1 Å². The van der Waals surface area contributed by atoms with E-state index in [4.69, 9.17) is 0 Å². The van der Waals surface area contributed by atoms with Crippen molar-refractivity contribution >= 4 is 10.0 Å². The Labute approximate surface area is 80.2 Å². The first-order chi connectivity index (χ1) is 5.97. The monoisotopic (exact) mass is 203 g/mol. The van der Waals surface area contributed by atoms with Crippen LogP contribution in [0.2, 0.25) is 0 Å². The van der Waals surface area contributed by atoms with Crippen molar-refractivity contribution in [3.8, 4) is 0 Å². The second-order valence-corrected chi connectivity index (χ2v) is 6.66. The minimum Gasteiger partial charge on any atom is -0.213 e. The molecule has 3 nitrogen and oxygen atoms in total. The van der Waals surface area contributed by atoms with E-state index < -0.39 is 10.0 Å². The van der Waals surface area contributed by atoms with E-state index in [0.717, 1.165) is 19.0 Å². The van der Waals surface area contributed by atoms with Crippen molar-refractivity contribution in [3.05, 3.63) is 0 Å². The van der Waals surface area contributed by atoms with Gasteiger partial charge in [0.25, 0.3) is 0 Å². The smallest absolute Gasteiger partial charge is 0.211 e. The maximum atomic E-state index is 11.3. The summed E-state index contributed by atoms with van der Waals surface area (Å²) in [6.45, 7) is 3.81. The number of hydrogen-bond acceptors (Lipinski definition) is 2. The first-order valence-electron chi connectivity index (χ1n) is 4.92. The van der Waals surface area contributed by atoms with E-state index in [2.05, 4.69) is 6.92 Å². The van der Waals surface area contributed by atoms with Crippen LogP contribution in [0.15, 0.2) is 0 Å². The molecule has 2 aliphatic rings. The van der Waals surface area contributed by atoms with Crippen molar-refractivity contribution in [2.24, 2.45) is 17.8 Å². The van der Waals surface area contributed by atoms with Gasteiger partial charge in [-0.25, -0.2) is 12.7 Å². The molecule has 2 unspecified atom stereocenters. The molecule has 2 atom stereocenters. The molecule has 1 saturated carbocycles. The summed E-state index contributed by atoms with van der Waals surface area (Å²) in [5.41, 5.74) is 0. The molecule has 1 aliphatic carbocycles. The molecule has 0 bridgehead atoms. The zero-order valence-corrected chi connectivity index (χ0v) is 9.05. The first kappa shape index (κ1) is 9.46. The molecule has 2 rings (SSSR count). The molecule has 76 valence electrons. The van der Waals surface area contributed by atoms with Gasteiger partial charge in [-0.1, -0.05) is 6.92 Å². The Hall–Kier alpha value is -0.0900. The van der Waals surface area contributed by atoms with Gasteiger partial charge in [0.15, 0.2) is 0 Å². The highest BCUT2D eigenvalue weighted by molar-refractivity contribution is 7.88. The molecule has 0 spiro atoms. The van der Waals surface area contributed by atoms with Gasteiger partial charge in [0.05, 0.1) is 6.26 Å². The zero-order chi connectivity index (χ0) is 9.64. The fraction of sp³-hybridized carbons (Fsp3) is 1.00. The van der Waals surface area contributed by atoms with Gasteiger partial charge in [-0.3, -0.25) is 0 Å². The van der Waals surface area contributed by atoms with Gasteiger partial charge in [0.1, 0.15) is 0 Å². The van der Waals surface area contributed by atoms with Crippen LogP contribution in [0.4, 0.5) is 0 Å². The highest BCUT2D eigenvalue weighted by atomic mass is 32.2. The minimum atomic E-state index is -2.93. The van der Waals surface area contributed by atoms with Crippen molar-refractivity contribution in [2.75, 3.05) is 19.3 Å². The molecule has 2 fully saturated rings. The molecular weight excluding hydrogens is 186 g/mol. The minimum absolute atomic E-state index is 0.643. The summed E-state index contributed by atoms with van der Waals surface area (Å²) in [6.07, 6.45) is 3.75. The molecule has 0 N–H and O–H groups in total. The Balaban J connectivity index is 2.06. The first-order valence-corrected chi connectivity index (χ1v) is 6.77. The Bertz CT molecular complexity index is 285. The fourth-order valence-electron chi connectivity index (χ4n) is 2.83. The number of rotatable bonds is 1. The van der Waals surface area contributed by atoms with Gasteiger partial charge in [-0.15, -0.1) is 0 Å². The van der Waals surface area contributed by atoms with E-state index in [1.165, 1.54) is 19.1 Å².